The van der Waals surface area contributed by atoms with Gasteiger partial charge in [0.1, 0.15) is 5.60 Å². The van der Waals surface area contributed by atoms with E-state index in [1.165, 1.54) is 12.8 Å². The fraction of sp³-hybridized carbons (Fsp3) is 1.00. The first kappa shape index (κ1) is 7.03. The Bertz CT molecular complexity index is 80.9. The van der Waals surface area contributed by atoms with E-state index in [9.17, 15) is 0 Å². The van der Waals surface area contributed by atoms with E-state index in [1.54, 1.807) is 0 Å². The summed E-state index contributed by atoms with van der Waals surface area (Å²) in [7, 11) is 1.97. The van der Waals surface area contributed by atoms with Crippen LogP contribution in [0.4, 0.5) is 0 Å². The Balaban J connectivity index is 2.17. The second-order valence-corrected chi connectivity index (χ2v) is 2.75. The summed E-state index contributed by atoms with van der Waals surface area (Å²) < 4.78 is 5.31. The molecule has 1 heterocycles. The Labute approximate surface area is 56.6 Å². The lowest BCUT2D eigenvalue weighted by Gasteiger charge is -2.07. The molecule has 0 spiro atoms. The molecule has 1 rings (SSSR count). The van der Waals surface area contributed by atoms with Crippen LogP contribution in [0.25, 0.3) is 0 Å². The van der Waals surface area contributed by atoms with Crippen LogP contribution < -0.4 is 5.32 Å². The first-order valence-electron chi connectivity index (χ1n) is 3.61. The van der Waals surface area contributed by atoms with Gasteiger partial charge < -0.3 is 10.1 Å². The summed E-state index contributed by atoms with van der Waals surface area (Å²) in [5.74, 6) is 0. The van der Waals surface area contributed by atoms with Crippen LogP contribution in [0.3, 0.4) is 0 Å². The van der Waals surface area contributed by atoms with Crippen LogP contribution >= 0.6 is 0 Å². The van der Waals surface area contributed by atoms with Gasteiger partial charge >= 0.3 is 0 Å². The summed E-state index contributed by atoms with van der Waals surface area (Å²) in [6, 6.07) is 0. The second-order valence-electron chi connectivity index (χ2n) is 2.75. The van der Waals surface area contributed by atoms with Gasteiger partial charge in [-0.3, -0.25) is 0 Å². The molecule has 1 aliphatic rings. The Kier molecular flexibility index (Phi) is 2.09. The molecule has 1 fully saturated rings. The molecule has 0 aromatic carbocycles. The smallest absolute Gasteiger partial charge is 0.104 e. The number of ether oxygens (including phenoxy) is 1. The third kappa shape index (κ3) is 1.66. The predicted molar refractivity (Wildman–Crippen MR) is 37.5 cm³/mol. The molecule has 1 saturated heterocycles. The molecule has 0 amide bonds. The van der Waals surface area contributed by atoms with Crippen molar-refractivity contribution < 1.29 is 4.74 Å². The summed E-state index contributed by atoms with van der Waals surface area (Å²) >= 11 is 0. The number of rotatable bonds is 4. The maximum Gasteiger partial charge on any atom is 0.104 e. The summed E-state index contributed by atoms with van der Waals surface area (Å²) in [5, 5.41) is 3.13. The molecule has 0 aliphatic carbocycles. The molecule has 9 heavy (non-hydrogen) atoms. The molecule has 2 nitrogen and oxygen atoms in total. The minimum Gasteiger partial charge on any atom is -0.368 e. The average Bonchev–Trinajstić information content (AvgIpc) is 2.51. The summed E-state index contributed by atoms with van der Waals surface area (Å²) in [6.45, 7) is 4.17. The molecule has 0 aromatic heterocycles. The highest BCUT2D eigenvalue weighted by Crippen LogP contribution is 2.30. The number of likely N-dealkylation sites (N-methyl/N-ethyl adjacent to an activating group) is 1. The van der Waals surface area contributed by atoms with Crippen molar-refractivity contribution in [3.63, 3.8) is 0 Å². The number of hydrogen-bond donors (Lipinski definition) is 1. The van der Waals surface area contributed by atoms with Crippen LogP contribution in [0, 0.1) is 0 Å². The van der Waals surface area contributed by atoms with Gasteiger partial charge in [0.25, 0.3) is 0 Å². The van der Waals surface area contributed by atoms with Crippen molar-refractivity contribution in [1.82, 2.24) is 5.32 Å². The molecular weight excluding hydrogens is 114 g/mol. The molecule has 0 radical (unpaired) electrons. The van der Waals surface area contributed by atoms with Gasteiger partial charge in [-0.05, 0) is 13.5 Å². The molecule has 1 atom stereocenters. The SMILES string of the molecule is CCCC1(CNC)CO1. The minimum atomic E-state index is 0.240. The monoisotopic (exact) mass is 129 g/mol. The largest absolute Gasteiger partial charge is 0.368 e. The zero-order valence-electron chi connectivity index (χ0n) is 6.24. The Morgan fingerprint density at radius 1 is 1.67 bits per heavy atom. The fourth-order valence-electron chi connectivity index (χ4n) is 1.21. The molecule has 0 saturated carbocycles. The highest BCUT2D eigenvalue weighted by Gasteiger charge is 2.42. The number of hydrogen-bond acceptors (Lipinski definition) is 2. The summed E-state index contributed by atoms with van der Waals surface area (Å²) in [5.41, 5.74) is 0.240. The molecule has 54 valence electrons. The maximum absolute atomic E-state index is 5.31. The van der Waals surface area contributed by atoms with Crippen LogP contribution in [0.1, 0.15) is 19.8 Å². The summed E-state index contributed by atoms with van der Waals surface area (Å²) in [6.07, 6.45) is 2.43. The van der Waals surface area contributed by atoms with Crippen molar-refractivity contribution in [3.8, 4) is 0 Å². The fourth-order valence-corrected chi connectivity index (χ4v) is 1.21. The lowest BCUT2D eigenvalue weighted by Crippen LogP contribution is -2.26. The van der Waals surface area contributed by atoms with Crippen molar-refractivity contribution in [2.45, 2.75) is 25.4 Å². The van der Waals surface area contributed by atoms with Crippen molar-refractivity contribution in [1.29, 1.82) is 0 Å². The van der Waals surface area contributed by atoms with E-state index in [0.717, 1.165) is 13.2 Å². The molecule has 2 heteroatoms. The number of epoxide rings is 1. The molecule has 1 unspecified atom stereocenters. The predicted octanol–water partition coefficient (Wildman–Crippen LogP) is 0.775. The van der Waals surface area contributed by atoms with E-state index in [1.807, 2.05) is 7.05 Å². The molecule has 1 N–H and O–H groups in total. The average molecular weight is 129 g/mol. The van der Waals surface area contributed by atoms with Crippen LogP contribution in [-0.4, -0.2) is 25.8 Å². The quantitative estimate of drug-likeness (QED) is 0.567. The third-order valence-electron chi connectivity index (χ3n) is 1.76. The lowest BCUT2D eigenvalue weighted by atomic mass is 10.1. The van der Waals surface area contributed by atoms with Gasteiger partial charge in [0.05, 0.1) is 6.61 Å². The van der Waals surface area contributed by atoms with E-state index in [2.05, 4.69) is 12.2 Å². The van der Waals surface area contributed by atoms with Gasteiger partial charge in [0.15, 0.2) is 0 Å². The minimum absolute atomic E-state index is 0.240. The van der Waals surface area contributed by atoms with Crippen LogP contribution in [0.5, 0.6) is 0 Å². The van der Waals surface area contributed by atoms with Crippen molar-refractivity contribution in [2.24, 2.45) is 0 Å². The zero-order valence-corrected chi connectivity index (χ0v) is 6.24. The van der Waals surface area contributed by atoms with Gasteiger partial charge in [-0.1, -0.05) is 13.3 Å². The summed E-state index contributed by atoms with van der Waals surface area (Å²) in [4.78, 5) is 0. The molecular formula is C7H15NO. The van der Waals surface area contributed by atoms with E-state index < -0.39 is 0 Å². The van der Waals surface area contributed by atoms with Crippen molar-refractivity contribution >= 4 is 0 Å². The van der Waals surface area contributed by atoms with Crippen LogP contribution in [0.2, 0.25) is 0 Å². The van der Waals surface area contributed by atoms with Gasteiger partial charge in [-0.2, -0.15) is 0 Å². The highest BCUT2D eigenvalue weighted by atomic mass is 16.6. The van der Waals surface area contributed by atoms with Gasteiger partial charge in [0, 0.05) is 6.54 Å². The van der Waals surface area contributed by atoms with Crippen LogP contribution in [-0.2, 0) is 4.74 Å². The third-order valence-corrected chi connectivity index (χ3v) is 1.76. The Morgan fingerprint density at radius 2 is 2.33 bits per heavy atom. The molecule has 0 aromatic rings. The van der Waals surface area contributed by atoms with E-state index >= 15 is 0 Å². The van der Waals surface area contributed by atoms with Crippen molar-refractivity contribution in [2.75, 3.05) is 20.2 Å². The van der Waals surface area contributed by atoms with Gasteiger partial charge in [-0.25, -0.2) is 0 Å². The second kappa shape index (κ2) is 2.67. The zero-order chi connectivity index (χ0) is 6.74. The van der Waals surface area contributed by atoms with Gasteiger partial charge in [0.2, 0.25) is 0 Å². The first-order valence-corrected chi connectivity index (χ1v) is 3.61. The molecule has 1 aliphatic heterocycles. The Hall–Kier alpha value is -0.0800. The van der Waals surface area contributed by atoms with E-state index in [-0.39, 0.29) is 5.60 Å². The van der Waals surface area contributed by atoms with Gasteiger partial charge in [-0.15, -0.1) is 0 Å². The van der Waals surface area contributed by atoms with Crippen LogP contribution in [0.15, 0.2) is 0 Å². The number of nitrogens with one attached hydrogen (secondary N) is 1. The highest BCUT2D eigenvalue weighted by molar-refractivity contribution is 4.93. The normalized spacial score (nSPS) is 32.7. The topological polar surface area (TPSA) is 24.6 Å². The standard InChI is InChI=1S/C7H15NO/c1-3-4-7(5-8-2)6-9-7/h8H,3-6H2,1-2H3. The molecule has 0 bridgehead atoms. The van der Waals surface area contributed by atoms with E-state index in [0.29, 0.717) is 0 Å². The Morgan fingerprint density at radius 3 is 2.67 bits per heavy atom. The maximum atomic E-state index is 5.31. The lowest BCUT2D eigenvalue weighted by molar-refractivity contribution is 0.282. The first-order chi connectivity index (χ1) is 4.33. The van der Waals surface area contributed by atoms with Crippen molar-refractivity contribution in [3.05, 3.63) is 0 Å². The van der Waals surface area contributed by atoms with E-state index in [4.69, 9.17) is 4.74 Å².